The fourth-order valence-electron chi connectivity index (χ4n) is 7.60. The predicted molar refractivity (Wildman–Crippen MR) is 189 cm³/mol. The van der Waals surface area contributed by atoms with Crippen LogP contribution in [0.2, 0.25) is 0 Å². The van der Waals surface area contributed by atoms with E-state index in [-0.39, 0.29) is 0 Å². The molecule has 0 fully saturated rings. The van der Waals surface area contributed by atoms with Crippen LogP contribution in [0.1, 0.15) is 0 Å². The molecule has 2 heterocycles. The first-order valence-corrected chi connectivity index (χ1v) is 15.5. The molecule has 0 bridgehead atoms. The Morgan fingerprint density at radius 2 is 1.07 bits per heavy atom. The number of para-hydroxylation sites is 2. The fourth-order valence-corrected chi connectivity index (χ4v) is 7.60. The van der Waals surface area contributed by atoms with E-state index in [0.29, 0.717) is 0 Å². The monoisotopic (exact) mass is 570 g/mol. The van der Waals surface area contributed by atoms with Crippen molar-refractivity contribution in [1.29, 1.82) is 0 Å². The van der Waals surface area contributed by atoms with Gasteiger partial charge in [-0.15, -0.1) is 0 Å². The molecule has 0 spiro atoms. The number of hydrogen-bond acceptors (Lipinski definition) is 1. The van der Waals surface area contributed by atoms with E-state index in [0.717, 1.165) is 11.3 Å². The molecular formula is C43H26N2. The maximum Gasteiger partial charge on any atom is 0.0714 e. The molecule has 10 rings (SSSR count). The van der Waals surface area contributed by atoms with Gasteiger partial charge in [0.25, 0.3) is 0 Å². The van der Waals surface area contributed by atoms with E-state index in [1.807, 2.05) is 0 Å². The van der Waals surface area contributed by atoms with Gasteiger partial charge in [0, 0.05) is 33.8 Å². The van der Waals surface area contributed by atoms with Gasteiger partial charge in [0.2, 0.25) is 0 Å². The van der Waals surface area contributed by atoms with Crippen molar-refractivity contribution < 1.29 is 0 Å². The maximum absolute atomic E-state index is 5.05. The van der Waals surface area contributed by atoms with Crippen molar-refractivity contribution in [2.45, 2.75) is 0 Å². The fraction of sp³-hybridized carbons (Fsp3) is 0. The highest BCUT2D eigenvalue weighted by Gasteiger charge is 2.23. The van der Waals surface area contributed by atoms with Gasteiger partial charge in [0.15, 0.2) is 0 Å². The van der Waals surface area contributed by atoms with Gasteiger partial charge in [0.05, 0.1) is 16.7 Å². The van der Waals surface area contributed by atoms with Crippen molar-refractivity contribution in [3.63, 3.8) is 0 Å². The van der Waals surface area contributed by atoms with Crippen molar-refractivity contribution in [2.24, 2.45) is 0 Å². The molecule has 45 heavy (non-hydrogen) atoms. The van der Waals surface area contributed by atoms with E-state index in [2.05, 4.69) is 162 Å². The van der Waals surface area contributed by atoms with Gasteiger partial charge >= 0.3 is 0 Å². The van der Waals surface area contributed by atoms with Gasteiger partial charge in [-0.05, 0) is 85.8 Å². The Morgan fingerprint density at radius 3 is 1.89 bits per heavy atom. The SMILES string of the molecule is c1ccc(-n2c3ccccc3c3cc(-c4ccc(-c5cc6c(cn5)-c5cccc7cccc-6c57)c5ccccc45)ccc32)cc1. The van der Waals surface area contributed by atoms with Gasteiger partial charge in [-0.2, -0.15) is 0 Å². The van der Waals surface area contributed by atoms with Crippen LogP contribution in [-0.4, -0.2) is 9.55 Å². The molecule has 7 aromatic carbocycles. The summed E-state index contributed by atoms with van der Waals surface area (Å²) < 4.78 is 2.37. The van der Waals surface area contributed by atoms with Crippen LogP contribution in [0.5, 0.6) is 0 Å². The third-order valence-corrected chi connectivity index (χ3v) is 9.59. The lowest BCUT2D eigenvalue weighted by Gasteiger charge is -2.13. The van der Waals surface area contributed by atoms with Gasteiger partial charge in [-0.1, -0.05) is 115 Å². The topological polar surface area (TPSA) is 17.8 Å². The third-order valence-electron chi connectivity index (χ3n) is 9.59. The number of rotatable bonds is 3. The van der Waals surface area contributed by atoms with Crippen LogP contribution in [0.25, 0.3) is 93.7 Å². The molecule has 0 radical (unpaired) electrons. The van der Waals surface area contributed by atoms with E-state index in [4.69, 9.17) is 4.98 Å². The molecule has 0 saturated heterocycles. The van der Waals surface area contributed by atoms with E-state index in [9.17, 15) is 0 Å². The molecule has 2 heteroatoms. The molecule has 2 aromatic heterocycles. The zero-order valence-corrected chi connectivity index (χ0v) is 24.4. The Morgan fingerprint density at radius 1 is 0.400 bits per heavy atom. The van der Waals surface area contributed by atoms with Crippen molar-refractivity contribution in [3.8, 4) is 50.3 Å². The molecule has 0 aliphatic heterocycles. The van der Waals surface area contributed by atoms with Crippen LogP contribution in [0.15, 0.2) is 158 Å². The Balaban J connectivity index is 1.15. The smallest absolute Gasteiger partial charge is 0.0714 e. The van der Waals surface area contributed by atoms with E-state index in [1.165, 1.54) is 82.4 Å². The second kappa shape index (κ2) is 9.25. The number of hydrogen-bond donors (Lipinski definition) is 0. The largest absolute Gasteiger partial charge is 0.309 e. The highest BCUT2D eigenvalue weighted by atomic mass is 15.0. The molecule has 9 aromatic rings. The zero-order valence-electron chi connectivity index (χ0n) is 24.4. The zero-order chi connectivity index (χ0) is 29.5. The molecule has 0 saturated carbocycles. The predicted octanol–water partition coefficient (Wildman–Crippen LogP) is 11.5. The summed E-state index contributed by atoms with van der Waals surface area (Å²) in [5, 5.41) is 7.57. The maximum atomic E-state index is 5.05. The average molecular weight is 571 g/mol. The van der Waals surface area contributed by atoms with Crippen LogP contribution < -0.4 is 0 Å². The number of fused-ring (bicyclic) bond motifs is 7. The number of benzene rings is 7. The van der Waals surface area contributed by atoms with E-state index in [1.54, 1.807) is 0 Å². The third kappa shape index (κ3) is 3.48. The summed E-state index contributed by atoms with van der Waals surface area (Å²) >= 11 is 0. The molecule has 1 aliphatic carbocycles. The summed E-state index contributed by atoms with van der Waals surface area (Å²) in [6.45, 7) is 0. The summed E-state index contributed by atoms with van der Waals surface area (Å²) in [6, 6.07) is 55.0. The quantitative estimate of drug-likeness (QED) is 0.207. The normalized spacial score (nSPS) is 12.0. The van der Waals surface area contributed by atoms with Crippen LogP contribution in [-0.2, 0) is 0 Å². The molecule has 0 amide bonds. The van der Waals surface area contributed by atoms with Crippen molar-refractivity contribution >= 4 is 43.4 Å². The molecule has 208 valence electrons. The minimum Gasteiger partial charge on any atom is -0.309 e. The molecule has 0 unspecified atom stereocenters. The minimum atomic E-state index is 1.00. The Kier molecular flexibility index (Phi) is 5.03. The van der Waals surface area contributed by atoms with Crippen LogP contribution >= 0.6 is 0 Å². The highest BCUT2D eigenvalue weighted by Crippen LogP contribution is 2.48. The van der Waals surface area contributed by atoms with Gasteiger partial charge < -0.3 is 4.57 Å². The summed E-state index contributed by atoms with van der Waals surface area (Å²) in [5.74, 6) is 0. The van der Waals surface area contributed by atoms with Gasteiger partial charge in [-0.25, -0.2) is 0 Å². The first-order chi connectivity index (χ1) is 22.3. The van der Waals surface area contributed by atoms with Crippen LogP contribution in [0.3, 0.4) is 0 Å². The summed E-state index contributed by atoms with van der Waals surface area (Å²) in [6.07, 6.45) is 2.07. The lowest BCUT2D eigenvalue weighted by atomic mass is 9.92. The van der Waals surface area contributed by atoms with Crippen molar-refractivity contribution in [3.05, 3.63) is 158 Å². The molecule has 0 N–H and O–H groups in total. The van der Waals surface area contributed by atoms with Crippen molar-refractivity contribution in [2.75, 3.05) is 0 Å². The number of aromatic nitrogens is 2. The summed E-state index contributed by atoms with van der Waals surface area (Å²) in [4.78, 5) is 5.05. The molecule has 2 nitrogen and oxygen atoms in total. The van der Waals surface area contributed by atoms with Gasteiger partial charge in [0.1, 0.15) is 0 Å². The summed E-state index contributed by atoms with van der Waals surface area (Å²) in [7, 11) is 0. The van der Waals surface area contributed by atoms with E-state index < -0.39 is 0 Å². The lowest BCUT2D eigenvalue weighted by Crippen LogP contribution is -1.93. The van der Waals surface area contributed by atoms with Crippen LogP contribution in [0, 0.1) is 0 Å². The second-order valence-corrected chi connectivity index (χ2v) is 12.0. The molecule has 0 atom stereocenters. The molecule has 1 aliphatic rings. The highest BCUT2D eigenvalue weighted by molar-refractivity contribution is 6.16. The Bertz CT molecular complexity index is 2640. The average Bonchev–Trinajstić information content (AvgIpc) is 3.61. The Labute approximate surface area is 260 Å². The van der Waals surface area contributed by atoms with Gasteiger partial charge in [-0.3, -0.25) is 4.98 Å². The first-order valence-electron chi connectivity index (χ1n) is 15.5. The molecular weight excluding hydrogens is 544 g/mol. The van der Waals surface area contributed by atoms with Crippen LogP contribution in [0.4, 0.5) is 0 Å². The second-order valence-electron chi connectivity index (χ2n) is 12.0. The Hall–Kier alpha value is -5.99. The number of pyridine rings is 1. The number of nitrogens with zero attached hydrogens (tertiary/aromatic N) is 2. The summed E-state index contributed by atoms with van der Waals surface area (Å²) in [5.41, 5.74) is 13.3. The minimum absolute atomic E-state index is 1.00. The van der Waals surface area contributed by atoms with Crippen molar-refractivity contribution in [1.82, 2.24) is 9.55 Å². The lowest BCUT2D eigenvalue weighted by molar-refractivity contribution is 1.18. The standard InChI is InChI=1S/C43H26N2/c1-2-12-29(13-3-1)45-41-19-7-6-16-34(41)38-24-28(20-23-42(38)45)30-21-22-33(32-15-5-4-14-31(30)32)40-25-37-35-17-8-10-27-11-9-18-36(43(27)35)39(37)26-44-40/h1-26H. The first kappa shape index (κ1) is 24.5. The van der Waals surface area contributed by atoms with E-state index >= 15 is 0 Å².